The Kier molecular flexibility index (Phi) is 6.67. The molecule has 0 aromatic heterocycles. The zero-order valence-electron chi connectivity index (χ0n) is 13.7. The van der Waals surface area contributed by atoms with Crippen molar-refractivity contribution in [3.63, 3.8) is 0 Å². The van der Waals surface area contributed by atoms with Crippen molar-refractivity contribution in [3.8, 4) is 5.75 Å². The Morgan fingerprint density at radius 3 is 2.48 bits per heavy atom. The van der Waals surface area contributed by atoms with Crippen LogP contribution in [0.15, 0.2) is 59.7 Å². The molecule has 7 nitrogen and oxygen atoms in total. The Balaban J connectivity index is 1.79. The average Bonchev–Trinajstić information content (AvgIpc) is 2.61. The van der Waals surface area contributed by atoms with Crippen molar-refractivity contribution >= 4 is 23.7 Å². The van der Waals surface area contributed by atoms with Gasteiger partial charge in [-0.3, -0.25) is 9.59 Å². The number of nitrogens with one attached hydrogen (secondary N) is 2. The third kappa shape index (κ3) is 6.44. The third-order valence-electron chi connectivity index (χ3n) is 3.08. The first-order chi connectivity index (χ1) is 12.0. The van der Waals surface area contributed by atoms with Gasteiger partial charge in [-0.15, -0.1) is 0 Å². The van der Waals surface area contributed by atoms with Gasteiger partial charge in [0.05, 0.1) is 6.21 Å². The normalized spacial score (nSPS) is 11.8. The average molecular weight is 341 g/mol. The van der Waals surface area contributed by atoms with Crippen LogP contribution in [-0.2, 0) is 9.59 Å². The third-order valence-corrected chi connectivity index (χ3v) is 3.08. The van der Waals surface area contributed by atoms with Gasteiger partial charge in [0.2, 0.25) is 0 Å². The van der Waals surface area contributed by atoms with E-state index in [1.54, 1.807) is 36.4 Å². The molecule has 0 heterocycles. The highest BCUT2D eigenvalue weighted by molar-refractivity contribution is 5.91. The van der Waals surface area contributed by atoms with Gasteiger partial charge in [-0.2, -0.15) is 5.10 Å². The van der Waals surface area contributed by atoms with E-state index in [1.807, 2.05) is 18.2 Å². The minimum Gasteiger partial charge on any atom is -0.484 e. The van der Waals surface area contributed by atoms with Crippen molar-refractivity contribution in [2.24, 2.45) is 5.10 Å². The maximum absolute atomic E-state index is 11.8. The van der Waals surface area contributed by atoms with Crippen molar-refractivity contribution < 1.29 is 19.4 Å². The Hall–Kier alpha value is -3.19. The summed E-state index contributed by atoms with van der Waals surface area (Å²) in [4.78, 5) is 22.9. The summed E-state index contributed by atoms with van der Waals surface area (Å²) in [7, 11) is 0. The number of hydrazone groups is 1. The number of aliphatic hydroxyl groups is 1. The molecule has 3 N–H and O–H groups in total. The van der Waals surface area contributed by atoms with E-state index in [9.17, 15) is 9.59 Å². The first-order valence-corrected chi connectivity index (χ1v) is 7.63. The number of carbonyl (C=O) groups excluding carboxylic acids is 2. The molecule has 1 atom stereocenters. The summed E-state index contributed by atoms with van der Waals surface area (Å²) < 4.78 is 5.41. The largest absolute Gasteiger partial charge is 0.484 e. The summed E-state index contributed by atoms with van der Waals surface area (Å²) in [5.74, 6) is -0.299. The molecule has 0 aliphatic carbocycles. The lowest BCUT2D eigenvalue weighted by atomic mass is 10.2. The molecule has 0 saturated heterocycles. The van der Waals surface area contributed by atoms with Crippen LogP contribution in [0, 0.1) is 0 Å². The molecule has 2 rings (SSSR count). The number of carbonyl (C=O) groups is 2. The summed E-state index contributed by atoms with van der Waals surface area (Å²) in [5.41, 5.74) is 3.64. The molecule has 0 aliphatic heterocycles. The molecule has 0 spiro atoms. The first kappa shape index (κ1) is 18.2. The van der Waals surface area contributed by atoms with E-state index >= 15 is 0 Å². The second-order valence-electron chi connectivity index (χ2n) is 5.18. The number of aliphatic hydroxyl groups excluding tert-OH is 1. The smallest absolute Gasteiger partial charge is 0.268 e. The van der Waals surface area contributed by atoms with Gasteiger partial charge in [0, 0.05) is 5.69 Å². The monoisotopic (exact) mass is 341 g/mol. The van der Waals surface area contributed by atoms with Gasteiger partial charge >= 0.3 is 0 Å². The van der Waals surface area contributed by atoms with Crippen LogP contribution < -0.4 is 15.5 Å². The second kappa shape index (κ2) is 9.19. The molecule has 0 fully saturated rings. The van der Waals surface area contributed by atoms with Crippen molar-refractivity contribution in [2.45, 2.75) is 13.0 Å². The molecule has 0 radical (unpaired) electrons. The number of rotatable bonds is 7. The van der Waals surface area contributed by atoms with Gasteiger partial charge in [0.15, 0.2) is 6.61 Å². The van der Waals surface area contributed by atoms with Crippen LogP contribution in [0.1, 0.15) is 12.5 Å². The van der Waals surface area contributed by atoms with Crippen LogP contribution in [0.3, 0.4) is 0 Å². The van der Waals surface area contributed by atoms with Crippen LogP contribution in [0.2, 0.25) is 0 Å². The predicted molar refractivity (Wildman–Crippen MR) is 94.4 cm³/mol. The van der Waals surface area contributed by atoms with Crippen molar-refractivity contribution in [3.05, 3.63) is 60.2 Å². The summed E-state index contributed by atoms with van der Waals surface area (Å²) >= 11 is 0. The predicted octanol–water partition coefficient (Wildman–Crippen LogP) is 1.53. The van der Waals surface area contributed by atoms with Gasteiger partial charge in [0.25, 0.3) is 11.8 Å². The molecule has 0 saturated carbocycles. The van der Waals surface area contributed by atoms with Gasteiger partial charge < -0.3 is 15.2 Å². The highest BCUT2D eigenvalue weighted by Gasteiger charge is 2.06. The standard InChI is InChI=1S/C18H19N3O4/c1-13(22)18(24)21-19-11-14-7-9-16(10-8-14)25-12-17(23)20-15-5-3-2-4-6-15/h2-11,13,22H,12H2,1H3,(H,20,23)(H,21,24)/b19-11-/t13-/m1/s1. The lowest BCUT2D eigenvalue weighted by Crippen LogP contribution is -2.28. The van der Waals surface area contributed by atoms with E-state index in [2.05, 4.69) is 15.8 Å². The van der Waals surface area contributed by atoms with E-state index in [1.165, 1.54) is 13.1 Å². The number of hydrogen-bond donors (Lipinski definition) is 3. The van der Waals surface area contributed by atoms with Crippen LogP contribution in [0.5, 0.6) is 5.75 Å². The molecule has 0 aliphatic rings. The van der Waals surface area contributed by atoms with Gasteiger partial charge in [-0.1, -0.05) is 18.2 Å². The van der Waals surface area contributed by atoms with Crippen LogP contribution in [-0.4, -0.2) is 35.8 Å². The van der Waals surface area contributed by atoms with E-state index in [0.29, 0.717) is 11.4 Å². The Labute approximate surface area is 145 Å². The molecule has 2 aromatic carbocycles. The second-order valence-corrected chi connectivity index (χ2v) is 5.18. The number of amides is 2. The topological polar surface area (TPSA) is 100 Å². The Bertz CT molecular complexity index is 728. The minimum atomic E-state index is -1.12. The highest BCUT2D eigenvalue weighted by Crippen LogP contribution is 2.11. The molecule has 2 amide bonds. The maximum atomic E-state index is 11.8. The van der Waals surface area contributed by atoms with Crippen molar-refractivity contribution in [2.75, 3.05) is 11.9 Å². The zero-order chi connectivity index (χ0) is 18.1. The van der Waals surface area contributed by atoms with Gasteiger partial charge in [-0.05, 0) is 48.9 Å². The number of ether oxygens (including phenoxy) is 1. The Morgan fingerprint density at radius 2 is 1.84 bits per heavy atom. The molecule has 25 heavy (non-hydrogen) atoms. The number of anilines is 1. The highest BCUT2D eigenvalue weighted by atomic mass is 16.5. The number of para-hydroxylation sites is 1. The van der Waals surface area contributed by atoms with Crippen LogP contribution in [0.25, 0.3) is 0 Å². The zero-order valence-corrected chi connectivity index (χ0v) is 13.7. The van der Waals surface area contributed by atoms with E-state index in [-0.39, 0.29) is 12.5 Å². The summed E-state index contributed by atoms with van der Waals surface area (Å²) in [6.07, 6.45) is 0.321. The fraction of sp³-hybridized carbons (Fsp3) is 0.167. The Morgan fingerprint density at radius 1 is 1.16 bits per heavy atom. The van der Waals surface area contributed by atoms with Crippen molar-refractivity contribution in [1.82, 2.24) is 5.43 Å². The summed E-state index contributed by atoms with van der Waals surface area (Å²) in [6.45, 7) is 1.25. The lowest BCUT2D eigenvalue weighted by molar-refractivity contribution is -0.128. The minimum absolute atomic E-state index is 0.104. The molecule has 7 heteroatoms. The number of benzene rings is 2. The molecule has 0 unspecified atom stereocenters. The SMILES string of the molecule is C[C@@H](O)C(=O)N/N=C\c1ccc(OCC(=O)Nc2ccccc2)cc1. The maximum Gasteiger partial charge on any atom is 0.268 e. The van der Waals surface area contributed by atoms with Crippen LogP contribution >= 0.6 is 0 Å². The van der Waals surface area contributed by atoms with Gasteiger partial charge in [0.1, 0.15) is 11.9 Å². The summed E-state index contributed by atoms with van der Waals surface area (Å²) in [5, 5.41) is 15.5. The molecule has 0 bridgehead atoms. The van der Waals surface area contributed by atoms with E-state index in [4.69, 9.17) is 9.84 Å². The fourth-order valence-electron chi connectivity index (χ4n) is 1.78. The fourth-order valence-corrected chi connectivity index (χ4v) is 1.78. The molecule has 130 valence electrons. The quantitative estimate of drug-likeness (QED) is 0.525. The summed E-state index contributed by atoms with van der Waals surface area (Å²) in [6, 6.07) is 15.9. The first-order valence-electron chi connectivity index (χ1n) is 7.63. The van der Waals surface area contributed by atoms with Gasteiger partial charge in [-0.25, -0.2) is 5.43 Å². The number of nitrogens with zero attached hydrogens (tertiary/aromatic N) is 1. The lowest BCUT2D eigenvalue weighted by Gasteiger charge is -2.07. The van der Waals surface area contributed by atoms with Crippen molar-refractivity contribution in [1.29, 1.82) is 0 Å². The van der Waals surface area contributed by atoms with E-state index in [0.717, 1.165) is 5.56 Å². The molecular weight excluding hydrogens is 322 g/mol. The van der Waals surface area contributed by atoms with E-state index < -0.39 is 12.0 Å². The number of hydrogen-bond acceptors (Lipinski definition) is 5. The van der Waals surface area contributed by atoms with Crippen LogP contribution in [0.4, 0.5) is 5.69 Å². The molecular formula is C18H19N3O4. The molecule has 2 aromatic rings.